The van der Waals surface area contributed by atoms with E-state index >= 15 is 0 Å². The van der Waals surface area contributed by atoms with Crippen molar-refractivity contribution in [3.8, 4) is 0 Å². The fourth-order valence-corrected chi connectivity index (χ4v) is 2.60. The van der Waals surface area contributed by atoms with Gasteiger partial charge in [0.2, 0.25) is 5.91 Å². The third-order valence-corrected chi connectivity index (χ3v) is 4.08. The minimum atomic E-state index is 0.0866. The predicted molar refractivity (Wildman–Crippen MR) is 93.3 cm³/mol. The lowest BCUT2D eigenvalue weighted by atomic mass is 10.0. The Morgan fingerprint density at radius 3 is 2.27 bits per heavy atom. The summed E-state index contributed by atoms with van der Waals surface area (Å²) in [6, 6.07) is 14.7. The van der Waals surface area contributed by atoms with Crippen molar-refractivity contribution >= 4 is 11.6 Å². The molecule has 2 heteroatoms. The first kappa shape index (κ1) is 16.3. The molecule has 0 aliphatic heterocycles. The first-order valence-corrected chi connectivity index (χ1v) is 8.10. The first-order valence-electron chi connectivity index (χ1n) is 8.10. The van der Waals surface area contributed by atoms with Crippen LogP contribution in [0, 0.1) is 6.92 Å². The number of aryl methyl sites for hydroxylation is 4. The molecule has 0 heterocycles. The summed E-state index contributed by atoms with van der Waals surface area (Å²) >= 11 is 0. The summed E-state index contributed by atoms with van der Waals surface area (Å²) in [5, 5.41) is 3.08. The van der Waals surface area contributed by atoms with E-state index in [2.05, 4.69) is 49.5 Å². The second kappa shape index (κ2) is 7.79. The van der Waals surface area contributed by atoms with Crippen molar-refractivity contribution in [3.05, 3.63) is 64.7 Å². The molecule has 2 nitrogen and oxygen atoms in total. The maximum absolute atomic E-state index is 12.2. The topological polar surface area (TPSA) is 29.1 Å². The zero-order valence-corrected chi connectivity index (χ0v) is 13.8. The van der Waals surface area contributed by atoms with Crippen LogP contribution in [0.4, 0.5) is 5.69 Å². The van der Waals surface area contributed by atoms with E-state index in [0.717, 1.165) is 30.5 Å². The number of benzene rings is 2. The maximum Gasteiger partial charge on any atom is 0.224 e. The lowest BCUT2D eigenvalue weighted by Crippen LogP contribution is -2.14. The van der Waals surface area contributed by atoms with Gasteiger partial charge in [0.15, 0.2) is 0 Å². The number of amides is 1. The Bertz CT molecular complexity index is 629. The number of nitrogens with one attached hydrogen (secondary N) is 1. The molecule has 0 saturated heterocycles. The fourth-order valence-electron chi connectivity index (χ4n) is 2.60. The molecule has 2 aromatic rings. The van der Waals surface area contributed by atoms with Gasteiger partial charge >= 0.3 is 0 Å². The molecule has 2 rings (SSSR count). The molecule has 0 aliphatic carbocycles. The number of carbonyl (C=O) groups is 1. The second-order valence-electron chi connectivity index (χ2n) is 5.68. The monoisotopic (exact) mass is 295 g/mol. The molecule has 2 aromatic carbocycles. The highest BCUT2D eigenvalue weighted by molar-refractivity contribution is 5.92. The van der Waals surface area contributed by atoms with Crippen LogP contribution in [0.3, 0.4) is 0 Å². The maximum atomic E-state index is 12.2. The Hall–Kier alpha value is -2.09. The van der Waals surface area contributed by atoms with Crippen LogP contribution in [0.5, 0.6) is 0 Å². The van der Waals surface area contributed by atoms with Crippen LogP contribution in [0.2, 0.25) is 0 Å². The largest absolute Gasteiger partial charge is 0.326 e. The number of para-hydroxylation sites is 1. The van der Waals surface area contributed by atoms with Crippen LogP contribution in [0.25, 0.3) is 0 Å². The van der Waals surface area contributed by atoms with E-state index < -0.39 is 0 Å². The lowest BCUT2D eigenvalue weighted by molar-refractivity contribution is -0.116. The lowest BCUT2D eigenvalue weighted by Gasteiger charge is -2.13. The Kier molecular flexibility index (Phi) is 5.76. The van der Waals surface area contributed by atoms with Gasteiger partial charge in [-0.15, -0.1) is 0 Å². The van der Waals surface area contributed by atoms with Gasteiger partial charge in [0, 0.05) is 12.1 Å². The third kappa shape index (κ3) is 4.20. The van der Waals surface area contributed by atoms with E-state index in [1.54, 1.807) is 0 Å². The fraction of sp³-hybridized carbons (Fsp3) is 0.350. The molecule has 1 amide bonds. The summed E-state index contributed by atoms with van der Waals surface area (Å²) in [5.74, 6) is 0.0866. The zero-order valence-electron chi connectivity index (χ0n) is 13.8. The number of hydrogen-bond donors (Lipinski definition) is 1. The minimum Gasteiger partial charge on any atom is -0.326 e. The third-order valence-electron chi connectivity index (χ3n) is 4.08. The van der Waals surface area contributed by atoms with Crippen LogP contribution < -0.4 is 5.32 Å². The van der Waals surface area contributed by atoms with Gasteiger partial charge < -0.3 is 5.32 Å². The standard InChI is InChI=1S/C20H25NO/c1-4-16-9-11-17(12-10-16)13-14-19(22)21-20-15(3)7-6-8-18(20)5-2/h6-12H,4-5,13-14H2,1-3H3,(H,21,22). The van der Waals surface area contributed by atoms with E-state index in [4.69, 9.17) is 0 Å². The van der Waals surface area contributed by atoms with Gasteiger partial charge in [0.05, 0.1) is 0 Å². The van der Waals surface area contributed by atoms with Crippen LogP contribution in [-0.4, -0.2) is 5.91 Å². The van der Waals surface area contributed by atoms with E-state index in [0.29, 0.717) is 6.42 Å². The van der Waals surface area contributed by atoms with Gasteiger partial charge in [-0.1, -0.05) is 56.3 Å². The molecule has 1 N–H and O–H groups in total. The van der Waals surface area contributed by atoms with Crippen molar-refractivity contribution in [2.45, 2.75) is 46.5 Å². The normalized spacial score (nSPS) is 10.5. The Morgan fingerprint density at radius 2 is 1.64 bits per heavy atom. The predicted octanol–water partition coefficient (Wildman–Crippen LogP) is 4.69. The minimum absolute atomic E-state index is 0.0866. The average molecular weight is 295 g/mol. The Labute approximate surface area is 133 Å². The number of hydrogen-bond acceptors (Lipinski definition) is 1. The zero-order chi connectivity index (χ0) is 15.9. The van der Waals surface area contributed by atoms with Gasteiger partial charge in [0.1, 0.15) is 0 Å². The van der Waals surface area contributed by atoms with Crippen molar-refractivity contribution in [1.29, 1.82) is 0 Å². The average Bonchev–Trinajstić information content (AvgIpc) is 2.55. The molecule has 0 atom stereocenters. The first-order chi connectivity index (χ1) is 10.6. The Morgan fingerprint density at radius 1 is 0.955 bits per heavy atom. The van der Waals surface area contributed by atoms with Crippen LogP contribution in [0.1, 0.15) is 42.5 Å². The summed E-state index contributed by atoms with van der Waals surface area (Å²) in [5.41, 5.74) is 5.85. The Balaban J connectivity index is 1.95. The molecule has 0 bridgehead atoms. The second-order valence-corrected chi connectivity index (χ2v) is 5.68. The molecule has 0 radical (unpaired) electrons. The number of anilines is 1. The van der Waals surface area contributed by atoms with E-state index in [9.17, 15) is 4.79 Å². The summed E-state index contributed by atoms with van der Waals surface area (Å²) in [6.45, 7) is 6.30. The molecule has 22 heavy (non-hydrogen) atoms. The molecule has 0 aliphatic rings. The molecule has 0 fully saturated rings. The summed E-state index contributed by atoms with van der Waals surface area (Å²) in [6.07, 6.45) is 3.27. The van der Waals surface area contributed by atoms with Crippen molar-refractivity contribution in [2.24, 2.45) is 0 Å². The highest BCUT2D eigenvalue weighted by Gasteiger charge is 2.08. The van der Waals surface area contributed by atoms with Gasteiger partial charge in [-0.2, -0.15) is 0 Å². The molecule has 0 aromatic heterocycles. The smallest absolute Gasteiger partial charge is 0.224 e. The van der Waals surface area contributed by atoms with Crippen molar-refractivity contribution in [3.63, 3.8) is 0 Å². The van der Waals surface area contributed by atoms with E-state index in [1.165, 1.54) is 16.7 Å². The van der Waals surface area contributed by atoms with Crippen molar-refractivity contribution < 1.29 is 4.79 Å². The molecule has 116 valence electrons. The molecular formula is C20H25NO. The van der Waals surface area contributed by atoms with Crippen molar-refractivity contribution in [2.75, 3.05) is 5.32 Å². The van der Waals surface area contributed by atoms with Crippen LogP contribution in [-0.2, 0) is 24.1 Å². The highest BCUT2D eigenvalue weighted by atomic mass is 16.1. The van der Waals surface area contributed by atoms with Gasteiger partial charge in [-0.25, -0.2) is 0 Å². The van der Waals surface area contributed by atoms with E-state index in [-0.39, 0.29) is 5.91 Å². The summed E-state index contributed by atoms with van der Waals surface area (Å²) < 4.78 is 0. The van der Waals surface area contributed by atoms with Crippen LogP contribution >= 0.6 is 0 Å². The number of rotatable bonds is 6. The van der Waals surface area contributed by atoms with E-state index in [1.807, 2.05) is 19.1 Å². The van der Waals surface area contributed by atoms with Crippen molar-refractivity contribution in [1.82, 2.24) is 0 Å². The van der Waals surface area contributed by atoms with Gasteiger partial charge in [-0.05, 0) is 48.4 Å². The quantitative estimate of drug-likeness (QED) is 0.823. The highest BCUT2D eigenvalue weighted by Crippen LogP contribution is 2.21. The van der Waals surface area contributed by atoms with Gasteiger partial charge in [-0.3, -0.25) is 4.79 Å². The molecular weight excluding hydrogens is 270 g/mol. The number of carbonyl (C=O) groups excluding carboxylic acids is 1. The van der Waals surface area contributed by atoms with Crippen LogP contribution in [0.15, 0.2) is 42.5 Å². The summed E-state index contributed by atoms with van der Waals surface area (Å²) in [7, 11) is 0. The summed E-state index contributed by atoms with van der Waals surface area (Å²) in [4.78, 5) is 12.2. The molecule has 0 spiro atoms. The SMILES string of the molecule is CCc1ccc(CCC(=O)Nc2c(C)cccc2CC)cc1. The molecule has 0 unspecified atom stereocenters. The molecule has 0 saturated carbocycles. The van der Waals surface area contributed by atoms with Gasteiger partial charge in [0.25, 0.3) is 0 Å².